The molecule has 1 aromatic rings. The van der Waals surface area contributed by atoms with Crippen molar-refractivity contribution < 1.29 is 27.4 Å². The summed E-state index contributed by atoms with van der Waals surface area (Å²) in [6, 6.07) is 3.12. The van der Waals surface area contributed by atoms with Crippen molar-refractivity contribution in [1.82, 2.24) is 0 Å². The number of halogens is 3. The maximum Gasteiger partial charge on any atom is 0.420 e. The Hall–Kier alpha value is -1.94. The molecule has 0 radical (unpaired) electrons. The molecular formula is C12H10F3NO3. The molecule has 1 aliphatic heterocycles. The smallest absolute Gasteiger partial charge is 0.420 e. The number of benzene rings is 1. The van der Waals surface area contributed by atoms with Gasteiger partial charge in [-0.3, -0.25) is 0 Å². The number of rotatable bonds is 3. The van der Waals surface area contributed by atoms with Gasteiger partial charge >= 0.3 is 6.18 Å². The first-order valence-electron chi connectivity index (χ1n) is 5.38. The van der Waals surface area contributed by atoms with Crippen LogP contribution in [0, 0.1) is 11.5 Å². The molecule has 19 heavy (non-hydrogen) atoms. The Balaban J connectivity index is 2.34. The predicted molar refractivity (Wildman–Crippen MR) is 57.5 cm³/mol. The van der Waals surface area contributed by atoms with Crippen molar-refractivity contribution in [3.8, 4) is 17.8 Å². The number of hydrogen-bond acceptors (Lipinski definition) is 4. The van der Waals surface area contributed by atoms with Crippen LogP contribution in [-0.2, 0) is 10.9 Å². The molecular weight excluding hydrogens is 263 g/mol. The number of alkyl halides is 3. The summed E-state index contributed by atoms with van der Waals surface area (Å²) in [5, 5.41) is 8.32. The lowest BCUT2D eigenvalue weighted by atomic mass is 10.0. The summed E-state index contributed by atoms with van der Waals surface area (Å²) in [4.78, 5) is 0. The molecule has 0 amide bonds. The topological polar surface area (TPSA) is 51.5 Å². The van der Waals surface area contributed by atoms with Crippen LogP contribution in [0.2, 0.25) is 0 Å². The van der Waals surface area contributed by atoms with Crippen molar-refractivity contribution in [3.63, 3.8) is 0 Å². The van der Waals surface area contributed by atoms with Gasteiger partial charge in [-0.1, -0.05) is 0 Å². The van der Waals surface area contributed by atoms with Gasteiger partial charge in [0.2, 0.25) is 0 Å². The Kier molecular flexibility index (Phi) is 3.28. The standard InChI is InChI=1S/C12H10F3NO3/c1-11(5-17-6-11)19-10-3-2-8(18-7-16)4-9(10)12(13,14)15/h2-4H,5-6H2,1H3. The summed E-state index contributed by atoms with van der Waals surface area (Å²) in [6.45, 7) is 2.14. The van der Waals surface area contributed by atoms with E-state index in [1.165, 1.54) is 12.3 Å². The van der Waals surface area contributed by atoms with Crippen molar-refractivity contribution in [3.05, 3.63) is 23.8 Å². The third-order valence-corrected chi connectivity index (χ3v) is 2.59. The molecule has 7 heteroatoms. The molecule has 1 saturated heterocycles. The van der Waals surface area contributed by atoms with Crippen LogP contribution in [0.4, 0.5) is 13.2 Å². The van der Waals surface area contributed by atoms with Gasteiger partial charge in [0, 0.05) is 0 Å². The maximum absolute atomic E-state index is 12.9. The van der Waals surface area contributed by atoms with Crippen molar-refractivity contribution in [2.75, 3.05) is 13.2 Å². The Morgan fingerprint density at radius 2 is 2.05 bits per heavy atom. The number of ether oxygens (including phenoxy) is 3. The van der Waals surface area contributed by atoms with E-state index in [0.29, 0.717) is 0 Å². The Morgan fingerprint density at radius 1 is 1.37 bits per heavy atom. The van der Waals surface area contributed by atoms with Gasteiger partial charge in [0.05, 0.1) is 13.2 Å². The zero-order chi connectivity index (χ0) is 14.1. The highest BCUT2D eigenvalue weighted by Crippen LogP contribution is 2.40. The molecule has 1 heterocycles. The van der Waals surface area contributed by atoms with E-state index < -0.39 is 17.3 Å². The van der Waals surface area contributed by atoms with Gasteiger partial charge in [-0.15, -0.1) is 5.26 Å². The second-order valence-corrected chi connectivity index (χ2v) is 4.39. The van der Waals surface area contributed by atoms with E-state index in [1.807, 2.05) is 0 Å². The molecule has 0 N–H and O–H groups in total. The van der Waals surface area contributed by atoms with E-state index in [2.05, 4.69) is 4.74 Å². The van der Waals surface area contributed by atoms with Gasteiger partial charge in [0.15, 0.2) is 5.60 Å². The largest absolute Gasteiger partial charge is 0.482 e. The van der Waals surface area contributed by atoms with Crippen LogP contribution in [0.1, 0.15) is 12.5 Å². The van der Waals surface area contributed by atoms with Gasteiger partial charge in [-0.25, -0.2) is 0 Å². The van der Waals surface area contributed by atoms with E-state index in [4.69, 9.17) is 14.7 Å². The molecule has 0 saturated carbocycles. The Labute approximate surface area is 107 Å². The third kappa shape index (κ3) is 2.90. The van der Waals surface area contributed by atoms with Crippen LogP contribution in [-0.4, -0.2) is 18.8 Å². The van der Waals surface area contributed by atoms with E-state index in [1.54, 1.807) is 6.92 Å². The fourth-order valence-electron chi connectivity index (χ4n) is 1.65. The second-order valence-electron chi connectivity index (χ2n) is 4.39. The lowest BCUT2D eigenvalue weighted by molar-refractivity contribution is -0.160. The number of nitriles is 1. The van der Waals surface area contributed by atoms with Gasteiger partial charge < -0.3 is 14.2 Å². The van der Waals surface area contributed by atoms with E-state index in [0.717, 1.165) is 12.1 Å². The Morgan fingerprint density at radius 3 is 2.53 bits per heavy atom. The highest BCUT2D eigenvalue weighted by molar-refractivity contribution is 5.43. The van der Waals surface area contributed by atoms with Crippen molar-refractivity contribution in [1.29, 1.82) is 5.26 Å². The molecule has 0 unspecified atom stereocenters. The molecule has 0 atom stereocenters. The molecule has 4 nitrogen and oxygen atoms in total. The lowest BCUT2D eigenvalue weighted by Crippen LogP contribution is -2.51. The minimum absolute atomic E-state index is 0.183. The molecule has 1 fully saturated rings. The van der Waals surface area contributed by atoms with E-state index in [9.17, 15) is 13.2 Å². The number of nitrogens with zero attached hydrogens (tertiary/aromatic N) is 1. The molecule has 0 bridgehead atoms. The van der Waals surface area contributed by atoms with Crippen molar-refractivity contribution in [2.24, 2.45) is 0 Å². The first-order chi connectivity index (χ1) is 8.84. The van der Waals surface area contributed by atoms with Crippen molar-refractivity contribution in [2.45, 2.75) is 18.7 Å². The van der Waals surface area contributed by atoms with Gasteiger partial charge in [-0.05, 0) is 25.1 Å². The summed E-state index contributed by atoms with van der Waals surface area (Å²) in [5.74, 6) is -0.485. The lowest BCUT2D eigenvalue weighted by Gasteiger charge is -2.38. The summed E-state index contributed by atoms with van der Waals surface area (Å²) >= 11 is 0. The predicted octanol–water partition coefficient (Wildman–Crippen LogP) is 2.73. The first-order valence-corrected chi connectivity index (χ1v) is 5.38. The molecule has 0 aromatic heterocycles. The van der Waals surface area contributed by atoms with Crippen LogP contribution in [0.25, 0.3) is 0 Å². The monoisotopic (exact) mass is 273 g/mol. The van der Waals surface area contributed by atoms with Crippen LogP contribution in [0.15, 0.2) is 18.2 Å². The second kappa shape index (κ2) is 4.63. The summed E-state index contributed by atoms with van der Waals surface area (Å²) in [7, 11) is 0. The molecule has 102 valence electrons. The average molecular weight is 273 g/mol. The quantitative estimate of drug-likeness (QED) is 0.794. The zero-order valence-electron chi connectivity index (χ0n) is 9.95. The maximum atomic E-state index is 12.9. The normalized spacial score (nSPS) is 17.2. The van der Waals surface area contributed by atoms with E-state index >= 15 is 0 Å². The fourth-order valence-corrected chi connectivity index (χ4v) is 1.65. The molecule has 1 aliphatic rings. The minimum atomic E-state index is -4.59. The Bertz CT molecular complexity index is 518. The minimum Gasteiger partial charge on any atom is -0.482 e. The van der Waals surface area contributed by atoms with Crippen molar-refractivity contribution >= 4 is 0 Å². The van der Waals surface area contributed by atoms with Gasteiger partial charge in [0.1, 0.15) is 17.1 Å². The molecule has 0 spiro atoms. The molecule has 0 aliphatic carbocycles. The first kappa shape index (κ1) is 13.5. The molecule has 2 rings (SSSR count). The summed E-state index contributed by atoms with van der Waals surface area (Å²) in [6.07, 6.45) is -3.27. The van der Waals surface area contributed by atoms with Gasteiger partial charge in [0.25, 0.3) is 6.26 Å². The van der Waals surface area contributed by atoms with Crippen LogP contribution in [0.5, 0.6) is 11.5 Å². The van der Waals surface area contributed by atoms with E-state index in [-0.39, 0.29) is 24.7 Å². The van der Waals surface area contributed by atoms with Crippen LogP contribution < -0.4 is 9.47 Å². The highest BCUT2D eigenvalue weighted by Gasteiger charge is 2.40. The third-order valence-electron chi connectivity index (χ3n) is 2.59. The van der Waals surface area contributed by atoms with Crippen LogP contribution >= 0.6 is 0 Å². The van der Waals surface area contributed by atoms with Crippen LogP contribution in [0.3, 0.4) is 0 Å². The molecule has 1 aromatic carbocycles. The highest BCUT2D eigenvalue weighted by atomic mass is 19.4. The SMILES string of the molecule is CC1(Oc2ccc(OC#N)cc2C(F)(F)F)COC1. The average Bonchev–Trinajstić information content (AvgIpc) is 2.28. The summed E-state index contributed by atoms with van der Waals surface area (Å²) in [5.41, 5.74) is -1.73. The zero-order valence-corrected chi connectivity index (χ0v) is 9.95. The fraction of sp³-hybridized carbons (Fsp3) is 0.417. The van der Waals surface area contributed by atoms with Gasteiger partial charge in [-0.2, -0.15) is 13.2 Å². The summed E-state index contributed by atoms with van der Waals surface area (Å²) < 4.78 is 53.4. The number of hydrogen-bond donors (Lipinski definition) is 0.